The molecule has 2 aromatic carbocycles. The summed E-state index contributed by atoms with van der Waals surface area (Å²) in [5.41, 5.74) is 0.732. The van der Waals surface area contributed by atoms with Gasteiger partial charge in [-0.25, -0.2) is 8.42 Å². The van der Waals surface area contributed by atoms with Crippen molar-refractivity contribution >= 4 is 27.7 Å². The number of hydrogen-bond donors (Lipinski definition) is 2. The lowest BCUT2D eigenvalue weighted by atomic mass is 10.1. The van der Waals surface area contributed by atoms with Crippen molar-refractivity contribution in [3.8, 4) is 11.8 Å². The van der Waals surface area contributed by atoms with Gasteiger partial charge < -0.3 is 10.4 Å². The Morgan fingerprint density at radius 1 is 1.10 bits per heavy atom. The quantitative estimate of drug-likeness (QED) is 0.580. The Morgan fingerprint density at radius 2 is 1.79 bits per heavy atom. The number of phenolic OH excluding ortho intramolecular Hbond substituents is 1. The van der Waals surface area contributed by atoms with Crippen molar-refractivity contribution in [3.63, 3.8) is 0 Å². The minimum Gasteiger partial charge on any atom is -0.508 e. The Balaban J connectivity index is 1.79. The summed E-state index contributed by atoms with van der Waals surface area (Å²) in [5.74, 6) is -0.565. The number of nitrogens with one attached hydrogen (secondary N) is 1. The Labute approximate surface area is 169 Å². The van der Waals surface area contributed by atoms with Gasteiger partial charge in [0.25, 0.3) is 5.91 Å². The Hall–Kier alpha value is -3.15. The van der Waals surface area contributed by atoms with E-state index in [-0.39, 0.29) is 16.2 Å². The van der Waals surface area contributed by atoms with E-state index in [0.29, 0.717) is 24.3 Å². The van der Waals surface area contributed by atoms with E-state index < -0.39 is 15.9 Å². The largest absolute Gasteiger partial charge is 0.508 e. The molecule has 0 saturated carbocycles. The molecule has 1 heterocycles. The van der Waals surface area contributed by atoms with E-state index in [0.717, 1.165) is 19.3 Å². The first-order chi connectivity index (χ1) is 13.9. The zero-order chi connectivity index (χ0) is 20.9. The van der Waals surface area contributed by atoms with Crippen LogP contribution in [0.1, 0.15) is 24.8 Å². The molecule has 8 heteroatoms. The van der Waals surface area contributed by atoms with Crippen LogP contribution in [0.5, 0.6) is 5.75 Å². The van der Waals surface area contributed by atoms with Gasteiger partial charge in [0.1, 0.15) is 17.4 Å². The van der Waals surface area contributed by atoms with Crippen LogP contribution in [0.4, 0.5) is 5.69 Å². The summed E-state index contributed by atoms with van der Waals surface area (Å²) in [6.45, 7) is 0.986. The maximum absolute atomic E-state index is 12.8. The van der Waals surface area contributed by atoms with E-state index in [1.165, 1.54) is 34.6 Å². The van der Waals surface area contributed by atoms with Crippen molar-refractivity contribution in [3.05, 3.63) is 59.7 Å². The predicted octanol–water partition coefficient (Wildman–Crippen LogP) is 3.11. The van der Waals surface area contributed by atoms with Gasteiger partial charge in [-0.05, 0) is 54.8 Å². The molecular weight excluding hydrogens is 390 g/mol. The van der Waals surface area contributed by atoms with E-state index in [9.17, 15) is 23.6 Å². The lowest BCUT2D eigenvalue weighted by Gasteiger charge is -2.26. The van der Waals surface area contributed by atoms with E-state index in [4.69, 9.17) is 0 Å². The summed E-state index contributed by atoms with van der Waals surface area (Å²) in [4.78, 5) is 12.6. The van der Waals surface area contributed by atoms with Crippen LogP contribution in [0.2, 0.25) is 0 Å². The van der Waals surface area contributed by atoms with Gasteiger partial charge in [-0.1, -0.05) is 24.6 Å². The van der Waals surface area contributed by atoms with E-state index in [1.54, 1.807) is 24.3 Å². The fourth-order valence-corrected chi connectivity index (χ4v) is 4.64. The third-order valence-corrected chi connectivity index (χ3v) is 6.51. The minimum absolute atomic E-state index is 0.0804. The molecule has 0 aliphatic carbocycles. The normalized spacial score (nSPS) is 15.5. The smallest absolute Gasteiger partial charge is 0.266 e. The number of anilines is 1. The maximum Gasteiger partial charge on any atom is 0.266 e. The first-order valence-corrected chi connectivity index (χ1v) is 10.7. The van der Waals surface area contributed by atoms with Crippen LogP contribution >= 0.6 is 0 Å². The second-order valence-electron chi connectivity index (χ2n) is 6.71. The van der Waals surface area contributed by atoms with Gasteiger partial charge in [0, 0.05) is 18.8 Å². The maximum atomic E-state index is 12.8. The predicted molar refractivity (Wildman–Crippen MR) is 109 cm³/mol. The Kier molecular flexibility index (Phi) is 6.32. The molecule has 3 rings (SSSR count). The highest BCUT2D eigenvalue weighted by Crippen LogP contribution is 2.23. The topological polar surface area (TPSA) is 110 Å². The van der Waals surface area contributed by atoms with Crippen LogP contribution in [0, 0.1) is 11.3 Å². The average molecular weight is 411 g/mol. The lowest BCUT2D eigenvalue weighted by Crippen LogP contribution is -2.35. The summed E-state index contributed by atoms with van der Waals surface area (Å²) in [7, 11) is -3.62. The number of carbonyl (C=O) groups excluding carboxylic acids is 1. The molecule has 1 amide bonds. The molecule has 150 valence electrons. The molecule has 0 aromatic heterocycles. The second kappa shape index (κ2) is 8.90. The van der Waals surface area contributed by atoms with E-state index in [1.807, 2.05) is 6.07 Å². The van der Waals surface area contributed by atoms with Gasteiger partial charge in [-0.3, -0.25) is 4.79 Å². The lowest BCUT2D eigenvalue weighted by molar-refractivity contribution is -0.112. The number of nitrogens with zero attached hydrogens (tertiary/aromatic N) is 2. The minimum atomic E-state index is -3.62. The zero-order valence-electron chi connectivity index (χ0n) is 15.7. The molecule has 0 bridgehead atoms. The van der Waals surface area contributed by atoms with Gasteiger partial charge in [0.2, 0.25) is 10.0 Å². The molecule has 1 aliphatic heterocycles. The number of aromatic hydroxyl groups is 1. The molecule has 2 N–H and O–H groups in total. The number of benzene rings is 2. The second-order valence-corrected chi connectivity index (χ2v) is 8.65. The molecule has 0 atom stereocenters. The van der Waals surface area contributed by atoms with Gasteiger partial charge in [0.05, 0.1) is 4.90 Å². The third kappa shape index (κ3) is 5.02. The average Bonchev–Trinajstić information content (AvgIpc) is 2.74. The molecule has 1 aliphatic rings. The molecule has 0 spiro atoms. The number of phenols is 1. The Morgan fingerprint density at radius 3 is 2.45 bits per heavy atom. The molecule has 0 radical (unpaired) electrons. The van der Waals surface area contributed by atoms with Gasteiger partial charge in [-0.15, -0.1) is 0 Å². The van der Waals surface area contributed by atoms with Crippen molar-refractivity contribution in [2.75, 3.05) is 18.4 Å². The summed E-state index contributed by atoms with van der Waals surface area (Å²) in [6.07, 6.45) is 4.09. The zero-order valence-corrected chi connectivity index (χ0v) is 16.5. The highest BCUT2D eigenvalue weighted by atomic mass is 32.2. The van der Waals surface area contributed by atoms with Crippen LogP contribution in [-0.2, 0) is 14.8 Å². The fraction of sp³-hybridized carbons (Fsp3) is 0.238. The summed E-state index contributed by atoms with van der Waals surface area (Å²) >= 11 is 0. The number of piperidine rings is 1. The fourth-order valence-electron chi connectivity index (χ4n) is 3.07. The van der Waals surface area contributed by atoms with Crippen molar-refractivity contribution < 1.29 is 18.3 Å². The SMILES string of the molecule is N#C/C(=C\c1ccc(O)cc1)C(=O)Nc1cccc(S(=O)(=O)N2CCCCC2)c1. The standard InChI is InChI=1S/C21H21N3O4S/c22-15-17(13-16-7-9-19(25)10-8-16)21(26)23-18-5-4-6-20(14-18)29(27,28)24-11-2-1-3-12-24/h4-10,13-14,25H,1-3,11-12H2,(H,23,26)/b17-13+. The number of hydrogen-bond acceptors (Lipinski definition) is 5. The number of amides is 1. The summed E-state index contributed by atoms with van der Waals surface area (Å²) in [6, 6.07) is 13.9. The molecule has 29 heavy (non-hydrogen) atoms. The molecule has 7 nitrogen and oxygen atoms in total. The molecular formula is C21H21N3O4S. The Bertz CT molecular complexity index is 1060. The summed E-state index contributed by atoms with van der Waals surface area (Å²) < 4.78 is 27.1. The number of sulfonamides is 1. The van der Waals surface area contributed by atoms with Gasteiger partial charge >= 0.3 is 0 Å². The van der Waals surface area contributed by atoms with Crippen LogP contribution in [0.25, 0.3) is 6.08 Å². The van der Waals surface area contributed by atoms with Crippen LogP contribution in [-0.4, -0.2) is 36.8 Å². The number of rotatable bonds is 5. The van der Waals surface area contributed by atoms with Crippen molar-refractivity contribution in [1.29, 1.82) is 5.26 Å². The highest BCUT2D eigenvalue weighted by molar-refractivity contribution is 7.89. The molecule has 1 saturated heterocycles. The van der Waals surface area contributed by atoms with E-state index in [2.05, 4.69) is 5.32 Å². The van der Waals surface area contributed by atoms with Crippen LogP contribution in [0.3, 0.4) is 0 Å². The van der Waals surface area contributed by atoms with Crippen molar-refractivity contribution in [2.45, 2.75) is 24.2 Å². The molecule has 1 fully saturated rings. The highest BCUT2D eigenvalue weighted by Gasteiger charge is 2.26. The molecule has 0 unspecified atom stereocenters. The third-order valence-electron chi connectivity index (χ3n) is 4.61. The van der Waals surface area contributed by atoms with Gasteiger partial charge in [-0.2, -0.15) is 9.57 Å². The van der Waals surface area contributed by atoms with Crippen LogP contribution in [0.15, 0.2) is 59.0 Å². The monoisotopic (exact) mass is 411 g/mol. The van der Waals surface area contributed by atoms with Crippen molar-refractivity contribution in [1.82, 2.24) is 4.31 Å². The molecule has 2 aromatic rings. The van der Waals surface area contributed by atoms with E-state index >= 15 is 0 Å². The van der Waals surface area contributed by atoms with Crippen LogP contribution < -0.4 is 5.32 Å². The van der Waals surface area contributed by atoms with Crippen molar-refractivity contribution in [2.24, 2.45) is 0 Å². The first kappa shape index (κ1) is 20.6. The number of carbonyl (C=O) groups is 1. The summed E-state index contributed by atoms with van der Waals surface area (Å²) in [5, 5.41) is 21.2. The van der Waals surface area contributed by atoms with Gasteiger partial charge in [0.15, 0.2) is 0 Å². The number of nitriles is 1. The first-order valence-electron chi connectivity index (χ1n) is 9.22.